The third-order valence-corrected chi connectivity index (χ3v) is 12.0. The molecular weight excluding hydrogens is 869 g/mol. The van der Waals surface area contributed by atoms with E-state index in [4.69, 9.17) is 19.5 Å². The Bertz CT molecular complexity index is 1900. The van der Waals surface area contributed by atoms with Crippen molar-refractivity contribution in [3.63, 3.8) is 0 Å². The van der Waals surface area contributed by atoms with E-state index in [0.717, 1.165) is 29.0 Å². The Kier molecular flexibility index (Phi) is 17.6. The second-order valence-electron chi connectivity index (χ2n) is 12.7. The number of rotatable bonds is 22. The van der Waals surface area contributed by atoms with E-state index in [1.54, 1.807) is 0 Å². The van der Waals surface area contributed by atoms with Gasteiger partial charge < -0.3 is 56.2 Å². The van der Waals surface area contributed by atoms with Crippen molar-refractivity contribution in [1.82, 2.24) is 35.5 Å². The van der Waals surface area contributed by atoms with Crippen LogP contribution in [0.2, 0.25) is 0 Å². The lowest BCUT2D eigenvalue weighted by atomic mass is 9.87. The summed E-state index contributed by atoms with van der Waals surface area (Å²) in [4.78, 5) is 98.8. The van der Waals surface area contributed by atoms with Gasteiger partial charge in [-0.3, -0.25) is 37.3 Å². The molecule has 31 heteroatoms. The standard InChI is InChI=1S/C26H43N8O18P3S2/c1-13(35)33-14(9-56)25(40)57-7-6-28-16(36)4-5-29-23(39)20(38)26(2,3)10-49-55(46,47)52-54(44,45)48-8-15-19(51-53(41,42)43)18(37)24(50-15)34-12-32-17-21(27)30-11-31-22(17)34/h11-12,14-15,18-20,24,37-38,56H,4-10H2,1-3H3,(H,28,36)(H,29,39)(H,33,35)(H,44,45)(H,46,47)(H2,27,30,31)(H2,41,42,43)/t14-,15?,18?,19?,20?,24?/m0/s1. The van der Waals surface area contributed by atoms with Gasteiger partial charge in [-0.1, -0.05) is 25.6 Å². The zero-order valence-corrected chi connectivity index (χ0v) is 34.6. The van der Waals surface area contributed by atoms with E-state index in [1.807, 2.05) is 0 Å². The van der Waals surface area contributed by atoms with Gasteiger partial charge in [0.25, 0.3) is 0 Å². The fourth-order valence-corrected chi connectivity index (χ4v) is 8.77. The number of hydrogen-bond donors (Lipinski definition) is 11. The largest absolute Gasteiger partial charge is 0.481 e. The minimum Gasteiger partial charge on any atom is -0.386 e. The number of thioether (sulfide) groups is 1. The van der Waals surface area contributed by atoms with Gasteiger partial charge >= 0.3 is 23.5 Å². The predicted molar refractivity (Wildman–Crippen MR) is 199 cm³/mol. The highest BCUT2D eigenvalue weighted by atomic mass is 32.2. The van der Waals surface area contributed by atoms with Crippen LogP contribution >= 0.6 is 47.9 Å². The maximum atomic E-state index is 12.7. The molecule has 26 nitrogen and oxygen atoms in total. The molecule has 0 bridgehead atoms. The minimum atomic E-state index is -5.59. The van der Waals surface area contributed by atoms with Crippen LogP contribution in [0.4, 0.5) is 5.82 Å². The number of carbonyl (C=O) groups excluding carboxylic acids is 4. The van der Waals surface area contributed by atoms with Crippen molar-refractivity contribution in [2.75, 3.05) is 43.5 Å². The first-order valence-corrected chi connectivity index (χ1v) is 22.4. The molecule has 0 aromatic carbocycles. The average Bonchev–Trinajstić information content (AvgIpc) is 3.66. The number of phosphoric acid groups is 3. The van der Waals surface area contributed by atoms with Crippen LogP contribution < -0.4 is 21.7 Å². The highest BCUT2D eigenvalue weighted by Crippen LogP contribution is 2.61. The monoisotopic (exact) mass is 912 g/mol. The van der Waals surface area contributed by atoms with Gasteiger partial charge in [0.05, 0.1) is 19.5 Å². The Morgan fingerprint density at radius 2 is 1.74 bits per heavy atom. The van der Waals surface area contributed by atoms with Gasteiger partial charge in [0, 0.05) is 43.4 Å². The zero-order chi connectivity index (χ0) is 42.9. The van der Waals surface area contributed by atoms with E-state index in [9.17, 15) is 62.7 Å². The zero-order valence-electron chi connectivity index (χ0n) is 30.2. The quantitative estimate of drug-likeness (QED) is 0.0349. The highest BCUT2D eigenvalue weighted by Gasteiger charge is 2.50. The number of carbonyl (C=O) groups is 4. The lowest BCUT2D eigenvalue weighted by molar-refractivity contribution is -0.137. The fraction of sp³-hybridized carbons (Fsp3) is 0.654. The number of nitrogen functional groups attached to an aromatic ring is 1. The van der Waals surface area contributed by atoms with Crippen LogP contribution in [-0.4, -0.2) is 140 Å². The molecule has 0 radical (unpaired) electrons. The van der Waals surface area contributed by atoms with E-state index in [1.165, 1.54) is 20.8 Å². The van der Waals surface area contributed by atoms with Gasteiger partial charge in [-0.2, -0.15) is 16.9 Å². The number of fused-ring (bicyclic) bond motifs is 1. The molecule has 7 unspecified atom stereocenters. The number of nitrogens with one attached hydrogen (secondary N) is 3. The van der Waals surface area contributed by atoms with Gasteiger partial charge in [-0.25, -0.2) is 28.6 Å². The number of nitrogens with zero attached hydrogens (tertiary/aromatic N) is 4. The number of amides is 3. The Hall–Kier alpha value is -2.62. The van der Waals surface area contributed by atoms with Crippen molar-refractivity contribution in [2.45, 2.75) is 63.9 Å². The normalized spacial score (nSPS) is 21.9. The summed E-state index contributed by atoms with van der Waals surface area (Å²) in [5.41, 5.74) is 4.21. The van der Waals surface area contributed by atoms with Crippen LogP contribution in [0.25, 0.3) is 11.2 Å². The summed E-state index contributed by atoms with van der Waals surface area (Å²) >= 11 is 4.90. The van der Waals surface area contributed by atoms with E-state index >= 15 is 0 Å². The number of aliphatic hydroxyl groups excluding tert-OH is 2. The maximum absolute atomic E-state index is 12.7. The summed E-state index contributed by atoms with van der Waals surface area (Å²) in [6.07, 6.45) is -7.07. The third-order valence-electron chi connectivity index (χ3n) is 7.59. The molecule has 1 fully saturated rings. The summed E-state index contributed by atoms with van der Waals surface area (Å²) < 4.78 is 62.0. The van der Waals surface area contributed by atoms with Gasteiger partial charge in [0.1, 0.15) is 42.3 Å². The predicted octanol–water partition coefficient (Wildman–Crippen LogP) is -1.90. The molecule has 2 aromatic heterocycles. The van der Waals surface area contributed by atoms with Gasteiger partial charge in [0.2, 0.25) is 22.8 Å². The van der Waals surface area contributed by atoms with Crippen LogP contribution in [-0.2, 0) is 55.5 Å². The first-order valence-electron chi connectivity index (χ1n) is 16.3. The van der Waals surface area contributed by atoms with Gasteiger partial charge in [0.15, 0.2) is 17.7 Å². The van der Waals surface area contributed by atoms with E-state index in [-0.39, 0.29) is 53.1 Å². The SMILES string of the molecule is CC(=O)N[C@@H](CS)C(=O)SCCNC(=O)CCNC(=O)C(O)C(C)(C)COP(=O)(O)OP(=O)(O)OCC1OC(n2cnc3c(N)ncnc32)C(O)C1OP(=O)(O)O. The molecule has 11 N–H and O–H groups in total. The Balaban J connectivity index is 1.48. The lowest BCUT2D eigenvalue weighted by Gasteiger charge is -2.30. The van der Waals surface area contributed by atoms with Crippen molar-refractivity contribution in [2.24, 2.45) is 5.41 Å². The molecule has 322 valence electrons. The maximum Gasteiger partial charge on any atom is 0.481 e. The molecule has 0 spiro atoms. The van der Waals surface area contributed by atoms with Crippen LogP contribution in [0.3, 0.4) is 0 Å². The Morgan fingerprint density at radius 1 is 1.07 bits per heavy atom. The number of ether oxygens (including phenoxy) is 1. The van der Waals surface area contributed by atoms with Crippen LogP contribution in [0.5, 0.6) is 0 Å². The van der Waals surface area contributed by atoms with Crippen molar-refractivity contribution < 1.29 is 85.3 Å². The molecular formula is C26H43N8O18P3S2. The number of hydrogen-bond acceptors (Lipinski definition) is 20. The van der Waals surface area contributed by atoms with Crippen LogP contribution in [0.1, 0.15) is 33.4 Å². The molecule has 8 atom stereocenters. The van der Waals surface area contributed by atoms with E-state index in [0.29, 0.717) is 0 Å². The lowest BCUT2D eigenvalue weighted by Crippen LogP contribution is -2.46. The number of aliphatic hydroxyl groups is 2. The smallest absolute Gasteiger partial charge is 0.386 e. The summed E-state index contributed by atoms with van der Waals surface area (Å²) in [5, 5.41) is 28.4. The molecule has 0 saturated carbocycles. The molecule has 0 aliphatic carbocycles. The number of nitrogens with two attached hydrogens (primary N) is 1. The Labute approximate surface area is 333 Å². The first kappa shape index (κ1) is 48.7. The molecule has 3 rings (SSSR count). The Morgan fingerprint density at radius 3 is 2.37 bits per heavy atom. The molecule has 1 saturated heterocycles. The van der Waals surface area contributed by atoms with Crippen LogP contribution in [0, 0.1) is 5.41 Å². The third kappa shape index (κ3) is 14.9. The average molecular weight is 913 g/mol. The van der Waals surface area contributed by atoms with Gasteiger partial charge in [-0.05, 0) is 0 Å². The molecule has 2 aromatic rings. The van der Waals surface area contributed by atoms with Crippen molar-refractivity contribution in [3.8, 4) is 0 Å². The number of thiol groups is 1. The van der Waals surface area contributed by atoms with Crippen molar-refractivity contribution in [3.05, 3.63) is 12.7 Å². The number of aromatic nitrogens is 4. The second-order valence-corrected chi connectivity index (χ2v) is 18.4. The molecule has 3 heterocycles. The molecule has 3 amide bonds. The van der Waals surface area contributed by atoms with Gasteiger partial charge in [-0.15, -0.1) is 0 Å². The molecule has 1 aliphatic heterocycles. The number of imidazole rings is 1. The van der Waals surface area contributed by atoms with E-state index in [2.05, 4.69) is 52.4 Å². The first-order chi connectivity index (χ1) is 26.4. The highest BCUT2D eigenvalue weighted by molar-refractivity contribution is 8.13. The number of phosphoric ester groups is 3. The summed E-state index contributed by atoms with van der Waals surface area (Å²) in [6.45, 7) is 1.50. The summed E-state index contributed by atoms with van der Waals surface area (Å²) in [6, 6.07) is -0.788. The van der Waals surface area contributed by atoms with Crippen LogP contribution in [0.15, 0.2) is 12.7 Å². The fourth-order valence-electron chi connectivity index (χ4n) is 4.81. The van der Waals surface area contributed by atoms with Crippen molar-refractivity contribution in [1.29, 1.82) is 0 Å². The topological polar surface area (TPSA) is 393 Å². The summed E-state index contributed by atoms with van der Waals surface area (Å²) in [7, 11) is -16.4. The number of anilines is 1. The molecule has 57 heavy (non-hydrogen) atoms. The second kappa shape index (κ2) is 20.6. The van der Waals surface area contributed by atoms with E-state index < -0.39 is 96.5 Å². The summed E-state index contributed by atoms with van der Waals surface area (Å²) in [5.74, 6) is -1.68. The molecule has 1 aliphatic rings. The minimum absolute atomic E-state index is 0.0217. The van der Waals surface area contributed by atoms with Crippen molar-refractivity contribution >= 4 is 87.7 Å².